The summed E-state index contributed by atoms with van der Waals surface area (Å²) in [5.74, 6) is 0.270. The average molecular weight is 212 g/mol. The van der Waals surface area contributed by atoms with Gasteiger partial charge >= 0.3 is 9.28 Å². The molecule has 4 heteroatoms. The highest BCUT2D eigenvalue weighted by atomic mass is 28.3. The van der Waals surface area contributed by atoms with Crippen molar-refractivity contribution < 1.29 is 14.0 Å². The highest BCUT2D eigenvalue weighted by molar-refractivity contribution is 6.62. The molecule has 0 aliphatic carbocycles. The van der Waals surface area contributed by atoms with Crippen LogP contribution in [0.4, 0.5) is 0 Å². The maximum absolute atomic E-state index is 9.61. The topological polar surface area (TPSA) is 38.7 Å². The van der Waals surface area contributed by atoms with Crippen molar-refractivity contribution in [2.75, 3.05) is 13.2 Å². The lowest BCUT2D eigenvalue weighted by atomic mass is 10.3. The minimum atomic E-state index is -1.88. The number of benzene rings is 1. The molecule has 0 saturated carbocycles. The van der Waals surface area contributed by atoms with Crippen LogP contribution in [0.1, 0.15) is 13.8 Å². The Morgan fingerprint density at radius 1 is 1.14 bits per heavy atom. The van der Waals surface area contributed by atoms with Crippen LogP contribution in [-0.2, 0) is 8.85 Å². The summed E-state index contributed by atoms with van der Waals surface area (Å²) in [6, 6.07) is 7.19. The fourth-order valence-electron chi connectivity index (χ4n) is 1.22. The van der Waals surface area contributed by atoms with E-state index in [1.165, 1.54) is 0 Å². The minimum Gasteiger partial charge on any atom is -0.508 e. The van der Waals surface area contributed by atoms with Crippen molar-refractivity contribution in [3.63, 3.8) is 0 Å². The Labute approximate surface area is 86.1 Å². The van der Waals surface area contributed by atoms with Crippen molar-refractivity contribution in [2.24, 2.45) is 0 Å². The van der Waals surface area contributed by atoms with E-state index in [1.54, 1.807) is 12.1 Å². The van der Waals surface area contributed by atoms with Gasteiger partial charge in [-0.1, -0.05) is 18.2 Å². The minimum absolute atomic E-state index is 0.270. The zero-order valence-corrected chi connectivity index (χ0v) is 9.72. The van der Waals surface area contributed by atoms with Gasteiger partial charge in [-0.05, 0) is 19.9 Å². The second kappa shape index (κ2) is 5.80. The highest BCUT2D eigenvalue weighted by Gasteiger charge is 2.18. The Bertz CT molecular complexity index is 272. The van der Waals surface area contributed by atoms with Gasteiger partial charge in [0.15, 0.2) is 0 Å². The molecule has 1 rings (SSSR count). The van der Waals surface area contributed by atoms with Crippen molar-refractivity contribution in [2.45, 2.75) is 13.8 Å². The van der Waals surface area contributed by atoms with E-state index in [4.69, 9.17) is 8.85 Å². The average Bonchev–Trinajstić information content (AvgIpc) is 2.18. The van der Waals surface area contributed by atoms with Gasteiger partial charge in [0.05, 0.1) is 0 Å². The predicted molar refractivity (Wildman–Crippen MR) is 58.1 cm³/mol. The Morgan fingerprint density at radius 3 is 2.21 bits per heavy atom. The number of para-hydroxylation sites is 1. The predicted octanol–water partition coefficient (Wildman–Crippen LogP) is 0.893. The number of phenols is 1. The van der Waals surface area contributed by atoms with Gasteiger partial charge in [-0.2, -0.15) is 0 Å². The number of aromatic hydroxyl groups is 1. The number of hydrogen-bond acceptors (Lipinski definition) is 3. The Balaban J connectivity index is 2.81. The van der Waals surface area contributed by atoms with Crippen LogP contribution in [0.25, 0.3) is 0 Å². The maximum atomic E-state index is 9.61. The molecule has 0 atom stereocenters. The molecule has 1 aromatic carbocycles. The van der Waals surface area contributed by atoms with E-state index in [1.807, 2.05) is 26.0 Å². The van der Waals surface area contributed by atoms with Gasteiger partial charge in [0, 0.05) is 18.4 Å². The Hall–Kier alpha value is -0.843. The van der Waals surface area contributed by atoms with E-state index >= 15 is 0 Å². The van der Waals surface area contributed by atoms with Crippen molar-refractivity contribution in [1.82, 2.24) is 0 Å². The molecule has 1 N–H and O–H groups in total. The van der Waals surface area contributed by atoms with E-state index in [0.29, 0.717) is 13.2 Å². The summed E-state index contributed by atoms with van der Waals surface area (Å²) in [7, 11) is -1.88. The van der Waals surface area contributed by atoms with Crippen molar-refractivity contribution in [3.8, 4) is 5.75 Å². The summed E-state index contributed by atoms with van der Waals surface area (Å²) < 4.78 is 11.0. The van der Waals surface area contributed by atoms with Gasteiger partial charge in [-0.3, -0.25) is 0 Å². The molecule has 14 heavy (non-hydrogen) atoms. The molecule has 0 amide bonds. The Kier molecular flexibility index (Phi) is 4.65. The van der Waals surface area contributed by atoms with Crippen LogP contribution >= 0.6 is 0 Å². The van der Waals surface area contributed by atoms with E-state index in [2.05, 4.69) is 0 Å². The molecule has 1 aromatic rings. The molecule has 0 heterocycles. The standard InChI is InChI=1S/C10H16O3Si/c1-3-12-14(13-4-2)10-8-6-5-7-9(10)11/h5-8,11,14H,3-4H2,1-2H3. The molecule has 3 nitrogen and oxygen atoms in total. The van der Waals surface area contributed by atoms with E-state index in [9.17, 15) is 5.11 Å². The van der Waals surface area contributed by atoms with Crippen molar-refractivity contribution >= 4 is 14.5 Å². The third-order valence-corrected chi connectivity index (χ3v) is 4.10. The summed E-state index contributed by atoms with van der Waals surface area (Å²) in [5, 5.41) is 10.4. The zero-order chi connectivity index (χ0) is 10.4. The number of phenolic OH excluding ortho intramolecular Hbond substituents is 1. The molecule has 0 bridgehead atoms. The molecule has 0 saturated heterocycles. The first-order valence-corrected chi connectivity index (χ1v) is 6.32. The number of rotatable bonds is 5. The molecular weight excluding hydrogens is 196 g/mol. The molecule has 0 spiro atoms. The first-order valence-electron chi connectivity index (χ1n) is 4.80. The first kappa shape index (κ1) is 11.2. The van der Waals surface area contributed by atoms with E-state index in [0.717, 1.165) is 5.19 Å². The largest absolute Gasteiger partial charge is 0.508 e. The summed E-state index contributed by atoms with van der Waals surface area (Å²) in [5.41, 5.74) is 0. The van der Waals surface area contributed by atoms with E-state index < -0.39 is 9.28 Å². The Morgan fingerprint density at radius 2 is 1.71 bits per heavy atom. The van der Waals surface area contributed by atoms with Gasteiger partial charge in [-0.25, -0.2) is 0 Å². The third-order valence-electron chi connectivity index (χ3n) is 1.83. The lowest BCUT2D eigenvalue weighted by Crippen LogP contribution is -2.37. The van der Waals surface area contributed by atoms with Crippen LogP contribution < -0.4 is 5.19 Å². The van der Waals surface area contributed by atoms with Crippen LogP contribution in [0.5, 0.6) is 5.75 Å². The van der Waals surface area contributed by atoms with Crippen LogP contribution in [0.3, 0.4) is 0 Å². The molecular formula is C10H16O3Si. The summed E-state index contributed by atoms with van der Waals surface area (Å²) >= 11 is 0. The van der Waals surface area contributed by atoms with Crippen LogP contribution in [0, 0.1) is 0 Å². The maximum Gasteiger partial charge on any atom is 0.359 e. The van der Waals surface area contributed by atoms with Crippen molar-refractivity contribution in [3.05, 3.63) is 24.3 Å². The monoisotopic (exact) mass is 212 g/mol. The SMILES string of the molecule is CCO[SiH](OCC)c1ccccc1O. The molecule has 0 radical (unpaired) electrons. The molecule has 78 valence electrons. The number of hydrogen-bond donors (Lipinski definition) is 1. The van der Waals surface area contributed by atoms with Crippen LogP contribution in [0.2, 0.25) is 0 Å². The lowest BCUT2D eigenvalue weighted by molar-refractivity contribution is 0.224. The highest BCUT2D eigenvalue weighted by Crippen LogP contribution is 2.06. The third kappa shape index (κ3) is 2.83. The molecule has 0 aromatic heterocycles. The van der Waals surface area contributed by atoms with Crippen molar-refractivity contribution in [1.29, 1.82) is 0 Å². The van der Waals surface area contributed by atoms with Gasteiger partial charge in [0.1, 0.15) is 5.75 Å². The zero-order valence-electron chi connectivity index (χ0n) is 8.56. The summed E-state index contributed by atoms with van der Waals surface area (Å²) in [4.78, 5) is 0. The lowest BCUT2D eigenvalue weighted by Gasteiger charge is -2.15. The molecule has 0 fully saturated rings. The summed E-state index contributed by atoms with van der Waals surface area (Å²) in [6.45, 7) is 5.09. The quantitative estimate of drug-likeness (QED) is 0.737. The molecule has 0 unspecified atom stereocenters. The van der Waals surface area contributed by atoms with Gasteiger partial charge in [-0.15, -0.1) is 0 Å². The van der Waals surface area contributed by atoms with E-state index in [-0.39, 0.29) is 5.75 Å². The fourth-order valence-corrected chi connectivity index (χ4v) is 2.88. The van der Waals surface area contributed by atoms with Crippen LogP contribution in [0.15, 0.2) is 24.3 Å². The summed E-state index contributed by atoms with van der Waals surface area (Å²) in [6.07, 6.45) is 0. The van der Waals surface area contributed by atoms with Gasteiger partial charge < -0.3 is 14.0 Å². The van der Waals surface area contributed by atoms with Gasteiger partial charge in [0.2, 0.25) is 0 Å². The normalized spacial score (nSPS) is 10.8. The second-order valence-corrected chi connectivity index (χ2v) is 4.75. The smallest absolute Gasteiger partial charge is 0.359 e. The molecule has 0 aliphatic heterocycles. The van der Waals surface area contributed by atoms with Gasteiger partial charge in [0.25, 0.3) is 0 Å². The van der Waals surface area contributed by atoms with Crippen LogP contribution in [-0.4, -0.2) is 27.6 Å². The molecule has 0 aliphatic rings. The second-order valence-electron chi connectivity index (χ2n) is 2.80. The fraction of sp³-hybridized carbons (Fsp3) is 0.400. The first-order chi connectivity index (χ1) is 6.79.